The Bertz CT molecular complexity index is 314. The van der Waals surface area contributed by atoms with Gasteiger partial charge in [0, 0.05) is 0 Å². The van der Waals surface area contributed by atoms with E-state index in [1.807, 2.05) is 26.0 Å². The molecule has 0 heterocycles. The molecular formula is C11H13ClO2. The van der Waals surface area contributed by atoms with Gasteiger partial charge in [0.25, 0.3) is 0 Å². The Labute approximate surface area is 88.8 Å². The van der Waals surface area contributed by atoms with E-state index < -0.39 is 0 Å². The number of hydrogen-bond donors (Lipinski definition) is 0. The van der Waals surface area contributed by atoms with Gasteiger partial charge in [0.2, 0.25) is 0 Å². The van der Waals surface area contributed by atoms with Gasteiger partial charge >= 0.3 is 0 Å². The van der Waals surface area contributed by atoms with Crippen LogP contribution in [0.4, 0.5) is 0 Å². The van der Waals surface area contributed by atoms with Gasteiger partial charge < -0.3 is 4.74 Å². The molecule has 0 radical (unpaired) electrons. The molecule has 14 heavy (non-hydrogen) atoms. The van der Waals surface area contributed by atoms with Crippen LogP contribution < -0.4 is 4.74 Å². The number of alkyl halides is 1. The lowest BCUT2D eigenvalue weighted by molar-refractivity contribution is -0.118. The zero-order chi connectivity index (χ0) is 10.6. The molecule has 0 atom stereocenters. The number of hydrogen-bond acceptors (Lipinski definition) is 2. The zero-order valence-corrected chi connectivity index (χ0v) is 9.10. The monoisotopic (exact) mass is 212 g/mol. The number of halogens is 1. The Hall–Kier alpha value is -1.02. The Balaban J connectivity index is 2.63. The molecule has 0 fully saturated rings. The lowest BCUT2D eigenvalue weighted by Gasteiger charge is -2.06. The number of benzene rings is 1. The highest BCUT2D eigenvalue weighted by molar-refractivity contribution is 6.27. The van der Waals surface area contributed by atoms with Gasteiger partial charge in [0.1, 0.15) is 12.4 Å². The molecule has 0 saturated heterocycles. The van der Waals surface area contributed by atoms with Crippen molar-refractivity contribution in [2.24, 2.45) is 0 Å². The van der Waals surface area contributed by atoms with E-state index in [1.165, 1.54) is 0 Å². The standard InChI is InChI=1S/C11H13ClO2/c1-8-3-9(2)5-11(4-8)14-7-10(13)6-12/h3-5H,6-7H2,1-2H3. The molecule has 1 rings (SSSR count). The average molecular weight is 213 g/mol. The predicted molar refractivity (Wildman–Crippen MR) is 57.1 cm³/mol. The maximum absolute atomic E-state index is 10.9. The van der Waals surface area contributed by atoms with Crippen LogP contribution in [0.1, 0.15) is 11.1 Å². The Morgan fingerprint density at radius 2 is 1.86 bits per heavy atom. The molecule has 0 aliphatic heterocycles. The number of carbonyl (C=O) groups is 1. The van der Waals surface area contributed by atoms with Gasteiger partial charge in [0.05, 0.1) is 5.88 Å². The fourth-order valence-corrected chi connectivity index (χ4v) is 1.30. The van der Waals surface area contributed by atoms with Crippen molar-refractivity contribution in [2.45, 2.75) is 13.8 Å². The van der Waals surface area contributed by atoms with Crippen LogP contribution in [-0.4, -0.2) is 18.3 Å². The van der Waals surface area contributed by atoms with Gasteiger partial charge in [-0.15, -0.1) is 11.6 Å². The molecule has 2 nitrogen and oxygen atoms in total. The second kappa shape index (κ2) is 5.01. The normalized spacial score (nSPS) is 9.93. The minimum absolute atomic E-state index is 0.00476. The van der Waals surface area contributed by atoms with Crippen molar-refractivity contribution >= 4 is 17.4 Å². The number of carbonyl (C=O) groups excluding carboxylic acids is 1. The maximum Gasteiger partial charge on any atom is 0.184 e. The number of rotatable bonds is 4. The lowest BCUT2D eigenvalue weighted by Crippen LogP contribution is -2.12. The van der Waals surface area contributed by atoms with Gasteiger partial charge in [-0.2, -0.15) is 0 Å². The van der Waals surface area contributed by atoms with Crippen molar-refractivity contribution in [2.75, 3.05) is 12.5 Å². The molecular weight excluding hydrogens is 200 g/mol. The number of aryl methyl sites for hydroxylation is 2. The fraction of sp³-hybridized carbons (Fsp3) is 0.364. The van der Waals surface area contributed by atoms with Crippen LogP contribution in [-0.2, 0) is 4.79 Å². The van der Waals surface area contributed by atoms with E-state index in [4.69, 9.17) is 16.3 Å². The van der Waals surface area contributed by atoms with Crippen LogP contribution in [0.5, 0.6) is 5.75 Å². The Morgan fingerprint density at radius 1 is 1.29 bits per heavy atom. The van der Waals surface area contributed by atoms with Crippen LogP contribution >= 0.6 is 11.6 Å². The number of ether oxygens (including phenoxy) is 1. The van der Waals surface area contributed by atoms with E-state index in [1.54, 1.807) is 0 Å². The SMILES string of the molecule is Cc1cc(C)cc(OCC(=O)CCl)c1. The van der Waals surface area contributed by atoms with Crippen LogP contribution in [0.15, 0.2) is 18.2 Å². The predicted octanol–water partition coefficient (Wildman–Crippen LogP) is 2.49. The summed E-state index contributed by atoms with van der Waals surface area (Å²) in [6.45, 7) is 4.03. The minimum Gasteiger partial charge on any atom is -0.486 e. The zero-order valence-electron chi connectivity index (χ0n) is 8.34. The third-order valence-electron chi connectivity index (χ3n) is 1.74. The average Bonchev–Trinajstić information content (AvgIpc) is 2.12. The summed E-state index contributed by atoms with van der Waals surface area (Å²) >= 11 is 5.35. The maximum atomic E-state index is 10.9. The Morgan fingerprint density at radius 3 is 2.36 bits per heavy atom. The van der Waals surface area contributed by atoms with E-state index in [0.29, 0.717) is 0 Å². The first-order valence-corrected chi connectivity index (χ1v) is 4.94. The van der Waals surface area contributed by atoms with E-state index in [2.05, 4.69) is 6.07 Å². The third-order valence-corrected chi connectivity index (χ3v) is 2.04. The van der Waals surface area contributed by atoms with Crippen LogP contribution in [0.25, 0.3) is 0 Å². The first-order valence-electron chi connectivity index (χ1n) is 4.40. The summed E-state index contributed by atoms with van der Waals surface area (Å²) in [5.41, 5.74) is 2.25. The fourth-order valence-electron chi connectivity index (χ4n) is 1.22. The molecule has 0 unspecified atom stereocenters. The highest BCUT2D eigenvalue weighted by Crippen LogP contribution is 2.15. The second-order valence-electron chi connectivity index (χ2n) is 3.28. The topological polar surface area (TPSA) is 26.3 Å². The molecule has 0 saturated carbocycles. The van der Waals surface area contributed by atoms with Gasteiger partial charge in [-0.3, -0.25) is 4.79 Å². The molecule has 0 aromatic heterocycles. The highest BCUT2D eigenvalue weighted by Gasteiger charge is 2.01. The van der Waals surface area contributed by atoms with Gasteiger partial charge in [-0.25, -0.2) is 0 Å². The smallest absolute Gasteiger partial charge is 0.184 e. The van der Waals surface area contributed by atoms with Crippen molar-refractivity contribution < 1.29 is 9.53 Å². The van der Waals surface area contributed by atoms with E-state index in [0.717, 1.165) is 16.9 Å². The van der Waals surface area contributed by atoms with E-state index in [9.17, 15) is 4.79 Å². The second-order valence-corrected chi connectivity index (χ2v) is 3.55. The first-order chi connectivity index (χ1) is 6.61. The quantitative estimate of drug-likeness (QED) is 0.717. The molecule has 3 heteroatoms. The molecule has 0 amide bonds. The van der Waals surface area contributed by atoms with Crippen molar-refractivity contribution in [1.29, 1.82) is 0 Å². The van der Waals surface area contributed by atoms with Crippen molar-refractivity contribution in [3.63, 3.8) is 0 Å². The van der Waals surface area contributed by atoms with Crippen molar-refractivity contribution in [3.05, 3.63) is 29.3 Å². The third kappa shape index (κ3) is 3.38. The molecule has 76 valence electrons. The Kier molecular flexibility index (Phi) is 3.96. The minimum atomic E-state index is -0.106. The summed E-state index contributed by atoms with van der Waals surface area (Å²) in [5, 5.41) is 0. The summed E-state index contributed by atoms with van der Waals surface area (Å²) < 4.78 is 5.29. The summed E-state index contributed by atoms with van der Waals surface area (Å²) in [7, 11) is 0. The van der Waals surface area contributed by atoms with Gasteiger partial charge in [0.15, 0.2) is 5.78 Å². The van der Waals surface area contributed by atoms with Crippen LogP contribution in [0.2, 0.25) is 0 Å². The molecule has 1 aromatic carbocycles. The summed E-state index contributed by atoms with van der Waals surface area (Å²) in [4.78, 5) is 10.9. The molecule has 0 aliphatic rings. The first kappa shape index (κ1) is 11.1. The largest absolute Gasteiger partial charge is 0.486 e. The molecule has 0 aliphatic carbocycles. The van der Waals surface area contributed by atoms with E-state index in [-0.39, 0.29) is 18.3 Å². The van der Waals surface area contributed by atoms with Gasteiger partial charge in [-0.1, -0.05) is 6.07 Å². The molecule has 0 bridgehead atoms. The number of Topliss-reactive ketones (excluding diaryl/α,β-unsaturated/α-hetero) is 1. The number of ketones is 1. The van der Waals surface area contributed by atoms with Crippen molar-refractivity contribution in [3.8, 4) is 5.75 Å². The van der Waals surface area contributed by atoms with Gasteiger partial charge in [-0.05, 0) is 37.1 Å². The van der Waals surface area contributed by atoms with Crippen LogP contribution in [0, 0.1) is 13.8 Å². The highest BCUT2D eigenvalue weighted by atomic mass is 35.5. The molecule has 1 aromatic rings. The van der Waals surface area contributed by atoms with E-state index >= 15 is 0 Å². The summed E-state index contributed by atoms with van der Waals surface area (Å²) in [6.07, 6.45) is 0. The molecule has 0 spiro atoms. The van der Waals surface area contributed by atoms with Crippen LogP contribution in [0.3, 0.4) is 0 Å². The molecule has 0 N–H and O–H groups in total. The lowest BCUT2D eigenvalue weighted by atomic mass is 10.1. The summed E-state index contributed by atoms with van der Waals surface area (Å²) in [5.74, 6) is 0.622. The summed E-state index contributed by atoms with van der Waals surface area (Å²) in [6, 6.07) is 5.85. The van der Waals surface area contributed by atoms with Crippen molar-refractivity contribution in [1.82, 2.24) is 0 Å².